The van der Waals surface area contributed by atoms with Crippen LogP contribution >= 0.6 is 0 Å². The number of Topliss-reactive ketones (excluding diaryl/α,β-unsaturated/α-hetero) is 1. The number of ether oxygens (including phenoxy) is 1. The lowest BCUT2D eigenvalue weighted by atomic mass is 9.77. The molecule has 5 N–H and O–H groups in total. The van der Waals surface area contributed by atoms with Gasteiger partial charge in [0.2, 0.25) is 5.82 Å². The molecule has 0 aliphatic rings. The largest absolute Gasteiger partial charge is 0.444 e. The minimum atomic E-state index is -1.25. The van der Waals surface area contributed by atoms with Crippen molar-refractivity contribution in [2.24, 2.45) is 11.5 Å². The van der Waals surface area contributed by atoms with Crippen LogP contribution in [0.3, 0.4) is 0 Å². The maximum atomic E-state index is 12.7. The number of nitrogens with two attached hydrogens (primary N) is 2. The van der Waals surface area contributed by atoms with Gasteiger partial charge in [-0.25, -0.2) is 4.79 Å². The molecular weight excluding hydrogens is 566 g/mol. The van der Waals surface area contributed by atoms with Gasteiger partial charge in [0, 0.05) is 5.56 Å². The van der Waals surface area contributed by atoms with Crippen molar-refractivity contribution in [3.63, 3.8) is 0 Å². The molecule has 1 amide bonds. The molecule has 5 rings (SSSR count). The van der Waals surface area contributed by atoms with Gasteiger partial charge in [0.1, 0.15) is 11.8 Å². The van der Waals surface area contributed by atoms with Gasteiger partial charge in [0.25, 0.3) is 0 Å². The Morgan fingerprint density at radius 1 is 0.778 bits per heavy atom. The van der Waals surface area contributed by atoms with Gasteiger partial charge in [-0.2, -0.15) is 0 Å². The molecule has 0 aliphatic carbocycles. The maximum absolute atomic E-state index is 12.7. The van der Waals surface area contributed by atoms with Crippen molar-refractivity contribution in [3.05, 3.63) is 138 Å². The fourth-order valence-electron chi connectivity index (χ4n) is 5.29. The predicted molar refractivity (Wildman–Crippen MR) is 172 cm³/mol. The molecule has 0 radical (unpaired) electrons. The van der Waals surface area contributed by atoms with Crippen LogP contribution in [0.1, 0.15) is 43.0 Å². The standard InChI is InChI=1S/C35H37N7O3/c1-34(2,3)45-33(44)38-29(30(43)31(36)37)23-24-19-21-25(22-20-24)32-39-41-42(40-32)35(26-13-7-4-8-14-26,27-15-9-5-10-16-27)28-17-11-6-12-18-28/h4-22,29,31H,23,36-37H2,1-3H3,(H,38,44)/t29-/m0/s1. The lowest BCUT2D eigenvalue weighted by Crippen LogP contribution is -2.53. The fraction of sp³-hybridized carbons (Fsp3) is 0.229. The van der Waals surface area contributed by atoms with Crippen LogP contribution in [0.2, 0.25) is 0 Å². The first-order valence-electron chi connectivity index (χ1n) is 14.7. The number of aromatic nitrogens is 4. The van der Waals surface area contributed by atoms with Crippen molar-refractivity contribution in [3.8, 4) is 11.4 Å². The van der Waals surface area contributed by atoms with Crippen molar-refractivity contribution in [1.82, 2.24) is 25.5 Å². The molecule has 0 saturated carbocycles. The summed E-state index contributed by atoms with van der Waals surface area (Å²) >= 11 is 0. The van der Waals surface area contributed by atoms with E-state index in [1.54, 1.807) is 25.6 Å². The minimum Gasteiger partial charge on any atom is -0.444 e. The molecule has 1 aromatic heterocycles. The zero-order valence-electron chi connectivity index (χ0n) is 25.5. The molecule has 0 aliphatic heterocycles. The van der Waals surface area contributed by atoms with E-state index in [9.17, 15) is 9.59 Å². The van der Waals surface area contributed by atoms with Gasteiger partial charge < -0.3 is 21.5 Å². The molecule has 0 unspecified atom stereocenters. The number of nitrogens with zero attached hydrogens (tertiary/aromatic N) is 4. The molecular formula is C35H37N7O3. The van der Waals surface area contributed by atoms with E-state index in [-0.39, 0.29) is 6.42 Å². The van der Waals surface area contributed by atoms with Gasteiger partial charge in [-0.1, -0.05) is 115 Å². The second kappa shape index (κ2) is 13.2. The third kappa shape index (κ3) is 6.98. The van der Waals surface area contributed by atoms with E-state index in [1.165, 1.54) is 0 Å². The second-order valence-corrected chi connectivity index (χ2v) is 11.7. The van der Waals surface area contributed by atoms with Crippen LogP contribution in [0.5, 0.6) is 0 Å². The van der Waals surface area contributed by atoms with Crippen molar-refractivity contribution < 1.29 is 14.3 Å². The van der Waals surface area contributed by atoms with E-state index in [1.807, 2.05) is 78.9 Å². The molecule has 45 heavy (non-hydrogen) atoms. The van der Waals surface area contributed by atoms with Crippen molar-refractivity contribution >= 4 is 11.9 Å². The summed E-state index contributed by atoms with van der Waals surface area (Å²) < 4.78 is 5.33. The Hall–Kier alpha value is -5.19. The van der Waals surface area contributed by atoms with Crippen LogP contribution in [0.15, 0.2) is 115 Å². The summed E-state index contributed by atoms with van der Waals surface area (Å²) in [7, 11) is 0. The monoisotopic (exact) mass is 603 g/mol. The maximum Gasteiger partial charge on any atom is 0.408 e. The Bertz CT molecular complexity index is 1620. The first kappa shape index (κ1) is 31.2. The molecule has 0 fully saturated rings. The Labute approximate surface area is 262 Å². The molecule has 0 bridgehead atoms. The van der Waals surface area contributed by atoms with Crippen molar-refractivity contribution in [1.29, 1.82) is 0 Å². The highest BCUT2D eigenvalue weighted by Crippen LogP contribution is 2.39. The summed E-state index contributed by atoms with van der Waals surface area (Å²) in [6, 6.07) is 36.7. The van der Waals surface area contributed by atoms with Gasteiger partial charge in [0.15, 0.2) is 11.3 Å². The number of rotatable bonds is 10. The molecule has 4 aromatic carbocycles. The average molecular weight is 604 g/mol. The van der Waals surface area contributed by atoms with E-state index in [0.717, 1.165) is 27.8 Å². The Balaban J connectivity index is 1.49. The van der Waals surface area contributed by atoms with Crippen LogP contribution in [0.4, 0.5) is 4.79 Å². The zero-order chi connectivity index (χ0) is 32.0. The summed E-state index contributed by atoms with van der Waals surface area (Å²) in [5.41, 5.74) is 14.2. The third-order valence-electron chi connectivity index (χ3n) is 7.30. The molecule has 0 saturated heterocycles. The number of carbonyl (C=O) groups excluding carboxylic acids is 2. The Kier molecular flexibility index (Phi) is 9.17. The lowest BCUT2D eigenvalue weighted by Gasteiger charge is -2.34. The lowest BCUT2D eigenvalue weighted by molar-refractivity contribution is -0.122. The number of hydrogen-bond donors (Lipinski definition) is 3. The van der Waals surface area contributed by atoms with Crippen LogP contribution in [0, 0.1) is 0 Å². The van der Waals surface area contributed by atoms with Gasteiger partial charge in [0.05, 0.1) is 6.04 Å². The zero-order valence-corrected chi connectivity index (χ0v) is 25.5. The summed E-state index contributed by atoms with van der Waals surface area (Å²) in [6.45, 7) is 5.22. The van der Waals surface area contributed by atoms with Crippen LogP contribution in [-0.2, 0) is 21.5 Å². The fourth-order valence-corrected chi connectivity index (χ4v) is 5.29. The van der Waals surface area contributed by atoms with Gasteiger partial charge in [-0.15, -0.1) is 15.0 Å². The number of carbonyl (C=O) groups is 2. The number of benzene rings is 4. The number of hydrogen-bond acceptors (Lipinski definition) is 8. The number of ketones is 1. The Morgan fingerprint density at radius 2 is 1.27 bits per heavy atom. The van der Waals surface area contributed by atoms with Crippen molar-refractivity contribution in [2.75, 3.05) is 0 Å². The highest BCUT2D eigenvalue weighted by atomic mass is 16.6. The third-order valence-corrected chi connectivity index (χ3v) is 7.30. The molecule has 0 spiro atoms. The predicted octanol–water partition coefficient (Wildman–Crippen LogP) is 4.43. The first-order chi connectivity index (χ1) is 21.6. The van der Waals surface area contributed by atoms with Gasteiger partial charge in [-0.05, 0) is 54.7 Å². The van der Waals surface area contributed by atoms with Crippen molar-refractivity contribution in [2.45, 2.75) is 50.5 Å². The highest BCUT2D eigenvalue weighted by molar-refractivity contribution is 5.91. The molecule has 10 nitrogen and oxygen atoms in total. The quantitative estimate of drug-likeness (QED) is 0.157. The van der Waals surface area contributed by atoms with E-state index in [4.69, 9.17) is 21.3 Å². The minimum absolute atomic E-state index is 0.169. The van der Waals surface area contributed by atoms with Crippen LogP contribution in [0.25, 0.3) is 11.4 Å². The average Bonchev–Trinajstić information content (AvgIpc) is 3.52. The SMILES string of the molecule is CC(C)(C)OC(=O)N[C@@H](Cc1ccc(-c2nnn(C(c3ccccc3)(c3ccccc3)c3ccccc3)n2)cc1)C(=O)C(N)N. The topological polar surface area (TPSA) is 151 Å². The molecule has 10 heteroatoms. The molecule has 230 valence electrons. The second-order valence-electron chi connectivity index (χ2n) is 11.7. The van der Waals surface area contributed by atoms with Crippen LogP contribution < -0.4 is 16.8 Å². The summed E-state index contributed by atoms with van der Waals surface area (Å²) in [5.74, 6) is -0.0779. The highest BCUT2D eigenvalue weighted by Gasteiger charge is 2.41. The van der Waals surface area contributed by atoms with E-state index in [0.29, 0.717) is 5.82 Å². The number of amides is 1. The summed E-state index contributed by atoms with van der Waals surface area (Å²) in [4.78, 5) is 26.8. The Morgan fingerprint density at radius 3 is 1.71 bits per heavy atom. The summed E-state index contributed by atoms with van der Waals surface area (Å²) in [5, 5.41) is 16.6. The normalized spacial score (nSPS) is 12.5. The molecule has 1 atom stereocenters. The smallest absolute Gasteiger partial charge is 0.408 e. The van der Waals surface area contributed by atoms with Gasteiger partial charge in [-0.3, -0.25) is 4.79 Å². The van der Waals surface area contributed by atoms with Crippen LogP contribution in [-0.4, -0.2) is 49.9 Å². The van der Waals surface area contributed by atoms with E-state index in [2.05, 4.69) is 52.0 Å². The number of tetrazole rings is 1. The number of alkyl carbamates (subject to hydrolysis) is 1. The van der Waals surface area contributed by atoms with E-state index < -0.39 is 35.2 Å². The number of nitrogens with one attached hydrogen (secondary N) is 1. The first-order valence-corrected chi connectivity index (χ1v) is 14.7. The van der Waals surface area contributed by atoms with E-state index >= 15 is 0 Å². The molecule has 5 aromatic rings. The molecule has 1 heterocycles. The van der Waals surface area contributed by atoms with Gasteiger partial charge >= 0.3 is 6.09 Å². The summed E-state index contributed by atoms with van der Waals surface area (Å²) in [6.07, 6.45) is -1.80.